The van der Waals surface area contributed by atoms with Gasteiger partial charge in [-0.25, -0.2) is 0 Å². The van der Waals surface area contributed by atoms with Crippen LogP contribution in [0.1, 0.15) is 70.0 Å². The zero-order valence-electron chi connectivity index (χ0n) is 20.7. The van der Waals surface area contributed by atoms with Crippen LogP contribution in [0.15, 0.2) is 24.3 Å². The average Bonchev–Trinajstić information content (AvgIpc) is 3.00. The highest BCUT2D eigenvalue weighted by atomic mass is 32.2. The van der Waals surface area contributed by atoms with Gasteiger partial charge in [-0.1, -0.05) is 45.0 Å². The SMILES string of the molecule is CC[C@H](NC)C(=O)N[C@H]1CCS[C@H]2CC(C)(C)C(C(=O)NC3CCCc4ccccc43)N2C1=O. The summed E-state index contributed by atoms with van der Waals surface area (Å²) in [5.74, 6) is 0.389. The topological polar surface area (TPSA) is 90.5 Å². The van der Waals surface area contributed by atoms with Crippen molar-refractivity contribution in [1.82, 2.24) is 20.9 Å². The molecule has 2 aliphatic heterocycles. The Hall–Kier alpha value is -2.06. The number of thioether (sulfide) groups is 1. The van der Waals surface area contributed by atoms with Crippen molar-refractivity contribution in [1.29, 1.82) is 0 Å². The Kier molecular flexibility index (Phi) is 7.57. The molecule has 0 bridgehead atoms. The molecule has 3 N–H and O–H groups in total. The quantitative estimate of drug-likeness (QED) is 0.575. The van der Waals surface area contributed by atoms with Gasteiger partial charge in [-0.15, -0.1) is 11.8 Å². The fourth-order valence-corrected chi connectivity index (χ4v) is 7.38. The lowest BCUT2D eigenvalue weighted by Gasteiger charge is -2.36. The second kappa shape index (κ2) is 10.3. The van der Waals surface area contributed by atoms with Crippen molar-refractivity contribution in [2.75, 3.05) is 12.8 Å². The number of benzene rings is 1. The first kappa shape index (κ1) is 25.0. The molecule has 0 spiro atoms. The third-order valence-corrected chi connectivity index (χ3v) is 8.87. The Bertz CT molecular complexity index is 932. The fraction of sp³-hybridized carbons (Fsp3) is 0.654. The summed E-state index contributed by atoms with van der Waals surface area (Å²) in [7, 11) is 1.75. The maximum atomic E-state index is 13.8. The molecule has 2 unspecified atom stereocenters. The number of amides is 3. The lowest BCUT2D eigenvalue weighted by molar-refractivity contribution is -0.144. The largest absolute Gasteiger partial charge is 0.347 e. The van der Waals surface area contributed by atoms with Crippen LogP contribution < -0.4 is 16.0 Å². The summed E-state index contributed by atoms with van der Waals surface area (Å²) in [6.07, 6.45) is 4.96. The smallest absolute Gasteiger partial charge is 0.246 e. The molecule has 0 saturated carbocycles. The van der Waals surface area contributed by atoms with E-state index in [1.165, 1.54) is 11.1 Å². The maximum absolute atomic E-state index is 13.8. The van der Waals surface area contributed by atoms with Gasteiger partial charge in [0, 0.05) is 0 Å². The molecule has 186 valence electrons. The first-order chi connectivity index (χ1) is 16.3. The summed E-state index contributed by atoms with van der Waals surface area (Å²) in [6, 6.07) is 6.79. The lowest BCUT2D eigenvalue weighted by atomic mass is 9.83. The Morgan fingerprint density at radius 3 is 2.68 bits per heavy atom. The van der Waals surface area contributed by atoms with Gasteiger partial charge in [0.1, 0.15) is 12.1 Å². The van der Waals surface area contributed by atoms with Crippen LogP contribution in [0.3, 0.4) is 0 Å². The first-order valence-electron chi connectivity index (χ1n) is 12.6. The Morgan fingerprint density at radius 2 is 1.94 bits per heavy atom. The van der Waals surface area contributed by atoms with Gasteiger partial charge in [0.05, 0.1) is 17.5 Å². The van der Waals surface area contributed by atoms with Crippen LogP contribution in [0.4, 0.5) is 0 Å². The molecule has 0 radical (unpaired) electrons. The molecular weight excluding hydrogens is 448 g/mol. The third-order valence-electron chi connectivity index (χ3n) is 7.62. The molecular formula is C26H38N4O3S. The second-order valence-electron chi connectivity index (χ2n) is 10.4. The van der Waals surface area contributed by atoms with Crippen molar-refractivity contribution >= 4 is 29.5 Å². The summed E-state index contributed by atoms with van der Waals surface area (Å²) >= 11 is 1.73. The van der Waals surface area contributed by atoms with Crippen LogP contribution in [0, 0.1) is 5.41 Å². The van der Waals surface area contributed by atoms with E-state index in [2.05, 4.69) is 41.9 Å². The number of carbonyl (C=O) groups excluding carboxylic acids is 3. The minimum atomic E-state index is -0.605. The molecule has 3 amide bonds. The van der Waals surface area contributed by atoms with E-state index in [0.717, 1.165) is 31.4 Å². The minimum Gasteiger partial charge on any atom is -0.347 e. The highest BCUT2D eigenvalue weighted by Gasteiger charge is 2.54. The van der Waals surface area contributed by atoms with Crippen LogP contribution >= 0.6 is 11.8 Å². The number of hydrogen-bond acceptors (Lipinski definition) is 5. The molecule has 1 aliphatic carbocycles. The van der Waals surface area contributed by atoms with Gasteiger partial charge in [0.15, 0.2) is 0 Å². The number of nitrogens with one attached hydrogen (secondary N) is 3. The third kappa shape index (κ3) is 4.85. The minimum absolute atomic E-state index is 0.0292. The zero-order valence-corrected chi connectivity index (χ0v) is 21.5. The van der Waals surface area contributed by atoms with Crippen LogP contribution in [-0.2, 0) is 20.8 Å². The van der Waals surface area contributed by atoms with Crippen molar-refractivity contribution in [2.24, 2.45) is 5.41 Å². The fourth-order valence-electron chi connectivity index (χ4n) is 5.80. The number of fused-ring (bicyclic) bond motifs is 2. The van der Waals surface area contributed by atoms with Gasteiger partial charge in [-0.3, -0.25) is 14.4 Å². The molecule has 1 aromatic carbocycles. The number of likely N-dealkylation sites (N-methyl/N-ethyl adjacent to an activating group) is 1. The van der Waals surface area contributed by atoms with Crippen LogP contribution in [-0.4, -0.2) is 58.9 Å². The predicted octanol–water partition coefficient (Wildman–Crippen LogP) is 2.75. The standard InChI is InChI=1S/C26H38N4O3S/c1-5-18(27-4)23(31)29-20-13-14-34-21-15-26(2,3)22(30(21)25(20)33)24(32)28-19-12-8-10-16-9-6-7-11-17(16)19/h6-7,9,11,18-22,27H,5,8,10,12-15H2,1-4H3,(H,28,32)(H,29,31)/t18-,19?,20-,21-,22?/m0/s1. The Morgan fingerprint density at radius 1 is 1.18 bits per heavy atom. The van der Waals surface area contributed by atoms with Gasteiger partial charge in [-0.2, -0.15) is 0 Å². The van der Waals surface area contributed by atoms with E-state index < -0.39 is 12.1 Å². The zero-order chi connectivity index (χ0) is 24.5. The number of carbonyl (C=O) groups is 3. The second-order valence-corrected chi connectivity index (χ2v) is 11.7. The molecule has 34 heavy (non-hydrogen) atoms. The molecule has 7 nitrogen and oxygen atoms in total. The van der Waals surface area contributed by atoms with E-state index in [-0.39, 0.29) is 40.6 Å². The molecule has 2 heterocycles. The first-order valence-corrected chi connectivity index (χ1v) is 13.6. The van der Waals surface area contributed by atoms with Crippen LogP contribution in [0.5, 0.6) is 0 Å². The van der Waals surface area contributed by atoms with Crippen molar-refractivity contribution in [3.63, 3.8) is 0 Å². The average molecular weight is 487 g/mol. The summed E-state index contributed by atoms with van der Waals surface area (Å²) in [5, 5.41) is 9.22. The van der Waals surface area contributed by atoms with Crippen LogP contribution in [0.25, 0.3) is 0 Å². The van der Waals surface area contributed by atoms with Gasteiger partial charge in [0.2, 0.25) is 17.7 Å². The van der Waals surface area contributed by atoms with Gasteiger partial charge in [-0.05, 0) is 67.9 Å². The lowest BCUT2D eigenvalue weighted by Crippen LogP contribution is -2.58. The van der Waals surface area contributed by atoms with Crippen molar-refractivity contribution < 1.29 is 14.4 Å². The number of nitrogens with zero attached hydrogens (tertiary/aromatic N) is 1. The molecule has 2 fully saturated rings. The van der Waals surface area contributed by atoms with E-state index in [1.807, 2.05) is 19.1 Å². The molecule has 0 aromatic heterocycles. The summed E-state index contributed by atoms with van der Waals surface area (Å²) in [4.78, 5) is 42.0. The van der Waals surface area contributed by atoms with E-state index >= 15 is 0 Å². The normalized spacial score (nSPS) is 28.9. The van der Waals surface area contributed by atoms with E-state index in [9.17, 15) is 14.4 Å². The summed E-state index contributed by atoms with van der Waals surface area (Å²) in [5.41, 5.74) is 2.13. The van der Waals surface area contributed by atoms with Crippen molar-refractivity contribution in [3.05, 3.63) is 35.4 Å². The number of aryl methyl sites for hydroxylation is 1. The van der Waals surface area contributed by atoms with E-state index in [4.69, 9.17) is 0 Å². The summed E-state index contributed by atoms with van der Waals surface area (Å²) in [6.45, 7) is 6.10. The van der Waals surface area contributed by atoms with E-state index in [1.54, 1.807) is 23.7 Å². The highest BCUT2D eigenvalue weighted by Crippen LogP contribution is 2.46. The molecule has 5 atom stereocenters. The molecule has 3 aliphatic rings. The maximum Gasteiger partial charge on any atom is 0.246 e. The van der Waals surface area contributed by atoms with Gasteiger partial charge < -0.3 is 20.9 Å². The Balaban J connectivity index is 1.55. The predicted molar refractivity (Wildman–Crippen MR) is 135 cm³/mol. The van der Waals surface area contributed by atoms with Gasteiger partial charge >= 0.3 is 0 Å². The van der Waals surface area contributed by atoms with Crippen molar-refractivity contribution in [3.8, 4) is 0 Å². The number of hydrogen-bond donors (Lipinski definition) is 3. The van der Waals surface area contributed by atoms with E-state index in [0.29, 0.717) is 12.8 Å². The van der Waals surface area contributed by atoms with Gasteiger partial charge in [0.25, 0.3) is 0 Å². The molecule has 1 aromatic rings. The molecule has 8 heteroatoms. The molecule has 2 saturated heterocycles. The molecule has 4 rings (SSSR count). The Labute approximate surface area is 207 Å². The van der Waals surface area contributed by atoms with Crippen molar-refractivity contribution in [2.45, 2.75) is 88.8 Å². The monoisotopic (exact) mass is 486 g/mol. The number of rotatable bonds is 6. The summed E-state index contributed by atoms with van der Waals surface area (Å²) < 4.78 is 0. The highest BCUT2D eigenvalue weighted by molar-refractivity contribution is 7.99. The van der Waals surface area contributed by atoms with Crippen LogP contribution in [0.2, 0.25) is 0 Å².